The molecule has 0 spiro atoms. The molecule has 152 valence electrons. The summed E-state index contributed by atoms with van der Waals surface area (Å²) in [6.07, 6.45) is -1.59. The van der Waals surface area contributed by atoms with E-state index in [9.17, 15) is 22.8 Å². The fourth-order valence-electron chi connectivity index (χ4n) is 3.38. The SMILES string of the molecule is O=c1c(NCc2ccc(-c3noc(C(F)(F)F)n3)cc2)c(N2CCCCC2)c1=O. The second-order valence-corrected chi connectivity index (χ2v) is 6.90. The number of nitrogens with zero attached hydrogens (tertiary/aromatic N) is 3. The lowest BCUT2D eigenvalue weighted by molar-refractivity contribution is -0.159. The number of nitrogens with one attached hydrogen (secondary N) is 1. The zero-order valence-corrected chi connectivity index (χ0v) is 15.3. The number of rotatable bonds is 5. The summed E-state index contributed by atoms with van der Waals surface area (Å²) in [7, 11) is 0. The number of alkyl halides is 3. The van der Waals surface area contributed by atoms with Crippen molar-refractivity contribution in [3.63, 3.8) is 0 Å². The van der Waals surface area contributed by atoms with Crippen molar-refractivity contribution < 1.29 is 17.7 Å². The first-order chi connectivity index (χ1) is 13.8. The molecular formula is C19H17F3N4O3. The first kappa shape index (κ1) is 19.2. The van der Waals surface area contributed by atoms with Gasteiger partial charge in [0.25, 0.3) is 10.9 Å². The maximum absolute atomic E-state index is 12.6. The molecule has 0 atom stereocenters. The minimum absolute atomic E-state index is 0.160. The van der Waals surface area contributed by atoms with Crippen molar-refractivity contribution in [2.75, 3.05) is 23.3 Å². The number of anilines is 2. The van der Waals surface area contributed by atoms with Gasteiger partial charge in [-0.05, 0) is 24.8 Å². The Bertz CT molecular complexity index is 1080. The van der Waals surface area contributed by atoms with Crippen LogP contribution in [0.1, 0.15) is 30.7 Å². The Labute approximate surface area is 162 Å². The lowest BCUT2D eigenvalue weighted by Gasteiger charge is -2.30. The van der Waals surface area contributed by atoms with E-state index in [4.69, 9.17) is 0 Å². The number of piperidine rings is 1. The van der Waals surface area contributed by atoms with Gasteiger partial charge in [0.05, 0.1) is 0 Å². The summed E-state index contributed by atoms with van der Waals surface area (Å²) in [5.41, 5.74) is 0.963. The minimum atomic E-state index is -4.69. The first-order valence-electron chi connectivity index (χ1n) is 9.17. The molecule has 4 rings (SSSR count). The average molecular weight is 406 g/mol. The van der Waals surface area contributed by atoms with Crippen LogP contribution < -0.4 is 21.1 Å². The van der Waals surface area contributed by atoms with Crippen molar-refractivity contribution in [3.05, 3.63) is 56.2 Å². The van der Waals surface area contributed by atoms with Gasteiger partial charge in [-0.2, -0.15) is 18.2 Å². The maximum Gasteiger partial charge on any atom is 0.471 e. The number of benzene rings is 1. The van der Waals surface area contributed by atoms with Crippen LogP contribution in [0, 0.1) is 0 Å². The molecule has 1 aliphatic heterocycles. The van der Waals surface area contributed by atoms with E-state index in [0.29, 0.717) is 23.5 Å². The highest BCUT2D eigenvalue weighted by Crippen LogP contribution is 2.29. The Balaban J connectivity index is 1.44. The lowest BCUT2D eigenvalue weighted by atomic mass is 10.1. The molecule has 2 aromatic carbocycles. The topological polar surface area (TPSA) is 88.3 Å². The second kappa shape index (κ2) is 7.34. The zero-order valence-electron chi connectivity index (χ0n) is 15.3. The molecule has 29 heavy (non-hydrogen) atoms. The molecule has 1 aromatic heterocycles. The minimum Gasteiger partial charge on any atom is -0.376 e. The van der Waals surface area contributed by atoms with Crippen LogP contribution >= 0.6 is 0 Å². The Kier molecular flexibility index (Phi) is 4.85. The van der Waals surface area contributed by atoms with Gasteiger partial charge < -0.3 is 14.7 Å². The van der Waals surface area contributed by atoms with E-state index in [1.54, 1.807) is 24.3 Å². The van der Waals surface area contributed by atoms with Crippen LogP contribution in [0.2, 0.25) is 0 Å². The monoisotopic (exact) mass is 406 g/mol. The van der Waals surface area contributed by atoms with Crippen molar-refractivity contribution in [3.8, 4) is 11.4 Å². The highest BCUT2D eigenvalue weighted by molar-refractivity contribution is 5.75. The van der Waals surface area contributed by atoms with Gasteiger partial charge in [-0.3, -0.25) is 9.59 Å². The molecule has 3 aromatic rings. The molecule has 0 amide bonds. The highest BCUT2D eigenvalue weighted by Gasteiger charge is 2.38. The van der Waals surface area contributed by atoms with Gasteiger partial charge in [-0.15, -0.1) is 0 Å². The standard InChI is InChI=1S/C19H17F3N4O3/c20-19(21,22)18-24-17(25-29-18)12-6-4-11(5-7-12)10-23-13-14(16(28)15(13)27)26-8-2-1-3-9-26/h4-7,23H,1-3,8-10H2. The van der Waals surface area contributed by atoms with Crippen molar-refractivity contribution in [2.45, 2.75) is 32.0 Å². The van der Waals surface area contributed by atoms with Crippen molar-refractivity contribution in [1.82, 2.24) is 10.1 Å². The van der Waals surface area contributed by atoms with E-state index in [-0.39, 0.29) is 5.82 Å². The van der Waals surface area contributed by atoms with Crippen LogP contribution in [-0.2, 0) is 12.7 Å². The quantitative estimate of drug-likeness (QED) is 0.652. The zero-order chi connectivity index (χ0) is 20.6. The molecule has 0 radical (unpaired) electrons. The largest absolute Gasteiger partial charge is 0.471 e. The molecule has 7 nitrogen and oxygen atoms in total. The van der Waals surface area contributed by atoms with Crippen molar-refractivity contribution >= 4 is 11.4 Å². The molecule has 1 fully saturated rings. The van der Waals surface area contributed by atoms with E-state index < -0.39 is 22.9 Å². The summed E-state index contributed by atoms with van der Waals surface area (Å²) in [4.78, 5) is 29.2. The molecule has 1 N–H and O–H groups in total. The molecule has 10 heteroatoms. The van der Waals surface area contributed by atoms with Crippen LogP contribution in [0.4, 0.5) is 24.5 Å². The van der Waals surface area contributed by atoms with Gasteiger partial charge in [0, 0.05) is 25.2 Å². The Morgan fingerprint density at radius 2 is 1.72 bits per heavy atom. The second-order valence-electron chi connectivity index (χ2n) is 6.90. The normalized spacial score (nSPS) is 15.1. The Morgan fingerprint density at radius 1 is 1.03 bits per heavy atom. The molecule has 0 unspecified atom stereocenters. The summed E-state index contributed by atoms with van der Waals surface area (Å²) in [6.45, 7) is 1.82. The maximum atomic E-state index is 12.6. The van der Waals surface area contributed by atoms with E-state index >= 15 is 0 Å². The molecule has 1 saturated heterocycles. The third-order valence-corrected chi connectivity index (χ3v) is 4.91. The molecule has 1 aliphatic rings. The predicted octanol–water partition coefficient (Wildman–Crippen LogP) is 2.95. The Hall–Kier alpha value is -3.17. The third kappa shape index (κ3) is 3.74. The first-order valence-corrected chi connectivity index (χ1v) is 9.17. The van der Waals surface area contributed by atoms with Gasteiger partial charge in [0.15, 0.2) is 0 Å². The summed E-state index contributed by atoms with van der Waals surface area (Å²) in [6, 6.07) is 6.49. The summed E-state index contributed by atoms with van der Waals surface area (Å²) in [5.74, 6) is -1.56. The number of halogens is 3. The van der Waals surface area contributed by atoms with E-state index in [1.807, 2.05) is 4.90 Å². The summed E-state index contributed by atoms with van der Waals surface area (Å²) < 4.78 is 41.9. The van der Waals surface area contributed by atoms with Crippen LogP contribution in [-0.4, -0.2) is 23.2 Å². The van der Waals surface area contributed by atoms with Gasteiger partial charge in [0.2, 0.25) is 5.82 Å². The van der Waals surface area contributed by atoms with Gasteiger partial charge in [-0.1, -0.05) is 29.4 Å². The number of aromatic nitrogens is 2. The molecule has 0 bridgehead atoms. The average Bonchev–Trinajstić information content (AvgIpc) is 3.22. The van der Waals surface area contributed by atoms with Crippen molar-refractivity contribution in [2.24, 2.45) is 0 Å². The van der Waals surface area contributed by atoms with Crippen LogP contribution in [0.25, 0.3) is 11.4 Å². The molecule has 0 saturated carbocycles. The molecular weight excluding hydrogens is 389 g/mol. The van der Waals surface area contributed by atoms with E-state index in [2.05, 4.69) is 20.0 Å². The number of hydrogen-bond acceptors (Lipinski definition) is 7. The third-order valence-electron chi connectivity index (χ3n) is 4.91. The fraction of sp³-hybridized carbons (Fsp3) is 0.368. The lowest BCUT2D eigenvalue weighted by Crippen LogP contribution is -2.44. The molecule has 0 aliphatic carbocycles. The highest BCUT2D eigenvalue weighted by atomic mass is 19.4. The van der Waals surface area contributed by atoms with Crippen LogP contribution in [0.15, 0.2) is 38.4 Å². The van der Waals surface area contributed by atoms with E-state index in [0.717, 1.165) is 37.9 Å². The van der Waals surface area contributed by atoms with Gasteiger partial charge in [-0.25, -0.2) is 0 Å². The van der Waals surface area contributed by atoms with Gasteiger partial charge in [0.1, 0.15) is 11.4 Å². The van der Waals surface area contributed by atoms with Crippen LogP contribution in [0.3, 0.4) is 0 Å². The smallest absolute Gasteiger partial charge is 0.376 e. The summed E-state index contributed by atoms with van der Waals surface area (Å²) in [5, 5.41) is 6.36. The summed E-state index contributed by atoms with van der Waals surface area (Å²) >= 11 is 0. The number of hydrogen-bond donors (Lipinski definition) is 1. The predicted molar refractivity (Wildman–Crippen MR) is 99.5 cm³/mol. The van der Waals surface area contributed by atoms with Crippen molar-refractivity contribution in [1.29, 1.82) is 0 Å². The van der Waals surface area contributed by atoms with Gasteiger partial charge >= 0.3 is 12.1 Å². The van der Waals surface area contributed by atoms with E-state index in [1.165, 1.54) is 0 Å². The molecule has 2 heterocycles. The van der Waals surface area contributed by atoms with Crippen LogP contribution in [0.5, 0.6) is 0 Å². The fourth-order valence-corrected chi connectivity index (χ4v) is 3.38. The Morgan fingerprint density at radius 3 is 2.34 bits per heavy atom.